The summed E-state index contributed by atoms with van der Waals surface area (Å²) in [6.07, 6.45) is -0.462. The van der Waals surface area contributed by atoms with Gasteiger partial charge in [-0.1, -0.05) is 54.6 Å². The summed E-state index contributed by atoms with van der Waals surface area (Å²) < 4.78 is 32.6. The van der Waals surface area contributed by atoms with Crippen molar-refractivity contribution in [1.82, 2.24) is 25.1 Å². The first-order chi connectivity index (χ1) is 20.3. The molecule has 220 valence electrons. The monoisotopic (exact) mass is 577 g/mol. The SMILES string of the molecule is CN1CC(=O)N2[C@@H](Cc3ccccc3)C(=O)N(CCOCc3cccc(F)c3)C[C@@H]2N1C(=O)NCc1ccc(F)cc1. The summed E-state index contributed by atoms with van der Waals surface area (Å²) >= 11 is 0. The number of hydrogen-bond donors (Lipinski definition) is 1. The standard InChI is InChI=1S/C31H33F2N5O4/c1-35-20-29(39)37-27(17-22-6-3-2-4-7-22)30(40)36(14-15-42-21-24-8-5-9-26(33)16-24)19-28(37)38(35)31(41)34-18-23-10-12-25(32)13-11-23/h2-13,16,27-28H,14-15,17-21H2,1H3,(H,34,41)/t27-,28-/m0/s1. The molecular formula is C31H33F2N5O4. The van der Waals surface area contributed by atoms with Crippen molar-refractivity contribution < 1.29 is 27.9 Å². The Morgan fingerprint density at radius 3 is 2.40 bits per heavy atom. The maximum Gasteiger partial charge on any atom is 0.334 e. The van der Waals surface area contributed by atoms with Gasteiger partial charge in [-0.25, -0.2) is 23.6 Å². The third-order valence-corrected chi connectivity index (χ3v) is 7.44. The Bertz CT molecular complexity index is 1410. The van der Waals surface area contributed by atoms with Crippen molar-refractivity contribution in [3.05, 3.63) is 107 Å². The zero-order valence-electron chi connectivity index (χ0n) is 23.3. The normalized spacial score (nSPS) is 19.2. The summed E-state index contributed by atoms with van der Waals surface area (Å²) in [6.45, 7) is 0.777. The first-order valence-corrected chi connectivity index (χ1v) is 13.8. The number of hydrogen-bond acceptors (Lipinski definition) is 5. The summed E-state index contributed by atoms with van der Waals surface area (Å²) in [7, 11) is 1.65. The van der Waals surface area contributed by atoms with Crippen molar-refractivity contribution >= 4 is 17.8 Å². The number of fused-ring (bicyclic) bond motifs is 1. The number of hydrazine groups is 1. The number of benzene rings is 3. The van der Waals surface area contributed by atoms with Crippen molar-refractivity contribution in [3.8, 4) is 0 Å². The Morgan fingerprint density at radius 2 is 1.67 bits per heavy atom. The number of piperazine rings is 1. The van der Waals surface area contributed by atoms with Crippen molar-refractivity contribution in [2.45, 2.75) is 31.8 Å². The van der Waals surface area contributed by atoms with Crippen LogP contribution in [0.1, 0.15) is 16.7 Å². The summed E-state index contributed by atoms with van der Waals surface area (Å²) in [5.41, 5.74) is 2.28. The van der Waals surface area contributed by atoms with Gasteiger partial charge < -0.3 is 19.9 Å². The van der Waals surface area contributed by atoms with Crippen molar-refractivity contribution in [1.29, 1.82) is 0 Å². The maximum absolute atomic E-state index is 13.8. The van der Waals surface area contributed by atoms with Gasteiger partial charge in [0.15, 0.2) is 0 Å². The van der Waals surface area contributed by atoms with Gasteiger partial charge in [-0.2, -0.15) is 0 Å². The number of urea groups is 1. The molecule has 2 fully saturated rings. The van der Waals surface area contributed by atoms with E-state index in [0.29, 0.717) is 5.56 Å². The van der Waals surface area contributed by atoms with Gasteiger partial charge in [-0.05, 0) is 41.0 Å². The quantitative estimate of drug-likeness (QED) is 0.395. The zero-order chi connectivity index (χ0) is 29.6. The van der Waals surface area contributed by atoms with E-state index in [-0.39, 0.29) is 69.3 Å². The predicted molar refractivity (Wildman–Crippen MR) is 150 cm³/mol. The van der Waals surface area contributed by atoms with Crippen LogP contribution in [0, 0.1) is 11.6 Å². The number of rotatable bonds is 9. The molecule has 0 radical (unpaired) electrons. The first-order valence-electron chi connectivity index (χ1n) is 13.8. The van der Waals surface area contributed by atoms with Crippen LogP contribution in [-0.4, -0.2) is 83.2 Å². The van der Waals surface area contributed by atoms with Crippen molar-refractivity contribution in [2.75, 3.05) is 33.3 Å². The van der Waals surface area contributed by atoms with E-state index in [0.717, 1.165) is 11.1 Å². The van der Waals surface area contributed by atoms with Crippen LogP contribution >= 0.6 is 0 Å². The minimum absolute atomic E-state index is 0.0736. The zero-order valence-corrected chi connectivity index (χ0v) is 23.3. The molecule has 0 aromatic heterocycles. The lowest BCUT2D eigenvalue weighted by Gasteiger charge is -2.54. The molecule has 0 bridgehead atoms. The fourth-order valence-corrected chi connectivity index (χ4v) is 5.40. The van der Waals surface area contributed by atoms with E-state index in [4.69, 9.17) is 4.74 Å². The molecule has 2 aliphatic heterocycles. The van der Waals surface area contributed by atoms with Gasteiger partial charge in [0.25, 0.3) is 0 Å². The van der Waals surface area contributed by atoms with Gasteiger partial charge in [-0.15, -0.1) is 0 Å². The molecule has 0 spiro atoms. The van der Waals surface area contributed by atoms with E-state index in [2.05, 4.69) is 5.32 Å². The number of nitrogens with zero attached hydrogens (tertiary/aromatic N) is 4. The molecular weight excluding hydrogens is 544 g/mol. The fraction of sp³-hybridized carbons (Fsp3) is 0.323. The Balaban J connectivity index is 1.34. The molecule has 5 rings (SSSR count). The van der Waals surface area contributed by atoms with Gasteiger partial charge in [0.1, 0.15) is 23.8 Å². The van der Waals surface area contributed by atoms with Crippen molar-refractivity contribution in [2.24, 2.45) is 0 Å². The average Bonchev–Trinajstić information content (AvgIpc) is 2.97. The fourth-order valence-electron chi connectivity index (χ4n) is 5.40. The number of ether oxygens (including phenoxy) is 1. The molecule has 0 aliphatic carbocycles. The number of likely N-dealkylation sites (N-methyl/N-ethyl adjacent to an activating group) is 1. The van der Waals surface area contributed by atoms with Crippen LogP contribution in [0.4, 0.5) is 13.6 Å². The topological polar surface area (TPSA) is 85.4 Å². The van der Waals surface area contributed by atoms with E-state index < -0.39 is 18.2 Å². The van der Waals surface area contributed by atoms with Crippen LogP contribution in [0.15, 0.2) is 78.9 Å². The van der Waals surface area contributed by atoms with Crippen LogP contribution < -0.4 is 5.32 Å². The van der Waals surface area contributed by atoms with Gasteiger partial charge in [0.05, 0.1) is 26.3 Å². The number of carbonyl (C=O) groups excluding carboxylic acids is 3. The smallest absolute Gasteiger partial charge is 0.334 e. The molecule has 3 aromatic carbocycles. The second kappa shape index (κ2) is 13.1. The average molecular weight is 578 g/mol. The Labute approximate surface area is 243 Å². The lowest BCUT2D eigenvalue weighted by atomic mass is 9.99. The van der Waals surface area contributed by atoms with Gasteiger partial charge in [0.2, 0.25) is 11.8 Å². The third kappa shape index (κ3) is 6.75. The molecule has 2 aliphatic rings. The minimum atomic E-state index is -0.817. The highest BCUT2D eigenvalue weighted by Crippen LogP contribution is 2.27. The molecule has 11 heteroatoms. The maximum atomic E-state index is 13.8. The van der Waals surface area contributed by atoms with Crippen LogP contribution in [0.2, 0.25) is 0 Å². The Hall–Kier alpha value is -4.35. The molecule has 2 saturated heterocycles. The van der Waals surface area contributed by atoms with E-state index in [1.807, 2.05) is 30.3 Å². The molecule has 9 nitrogen and oxygen atoms in total. The molecule has 2 heterocycles. The second-order valence-corrected chi connectivity index (χ2v) is 10.4. The van der Waals surface area contributed by atoms with Crippen LogP contribution in [0.25, 0.3) is 0 Å². The summed E-state index contributed by atoms with van der Waals surface area (Å²) in [6, 6.07) is 20.1. The van der Waals surface area contributed by atoms with E-state index in [1.165, 1.54) is 34.2 Å². The number of amides is 4. The second-order valence-electron chi connectivity index (χ2n) is 10.4. The highest BCUT2D eigenvalue weighted by molar-refractivity contribution is 5.91. The molecule has 2 atom stereocenters. The largest absolute Gasteiger partial charge is 0.375 e. The molecule has 4 amide bonds. The Morgan fingerprint density at radius 1 is 0.929 bits per heavy atom. The van der Waals surface area contributed by atoms with Crippen LogP contribution in [0.5, 0.6) is 0 Å². The lowest BCUT2D eigenvalue weighted by molar-refractivity contribution is -0.187. The molecule has 42 heavy (non-hydrogen) atoms. The summed E-state index contributed by atoms with van der Waals surface area (Å²) in [5, 5.41) is 5.88. The van der Waals surface area contributed by atoms with E-state index in [1.54, 1.807) is 41.2 Å². The van der Waals surface area contributed by atoms with E-state index >= 15 is 0 Å². The summed E-state index contributed by atoms with van der Waals surface area (Å²) in [4.78, 5) is 43.8. The minimum Gasteiger partial charge on any atom is -0.375 e. The van der Waals surface area contributed by atoms with Gasteiger partial charge in [-0.3, -0.25) is 9.59 Å². The number of halogens is 2. The van der Waals surface area contributed by atoms with Gasteiger partial charge >= 0.3 is 6.03 Å². The van der Waals surface area contributed by atoms with Gasteiger partial charge in [0, 0.05) is 26.6 Å². The number of nitrogens with one attached hydrogen (secondary N) is 1. The molecule has 0 saturated carbocycles. The first kappa shape index (κ1) is 29.2. The molecule has 1 N–H and O–H groups in total. The van der Waals surface area contributed by atoms with Crippen LogP contribution in [0.3, 0.4) is 0 Å². The lowest BCUT2D eigenvalue weighted by Crippen LogP contribution is -2.76. The number of carbonyl (C=O) groups is 3. The Kier molecular flexibility index (Phi) is 9.09. The van der Waals surface area contributed by atoms with Crippen molar-refractivity contribution in [3.63, 3.8) is 0 Å². The third-order valence-electron chi connectivity index (χ3n) is 7.44. The molecule has 0 unspecified atom stereocenters. The predicted octanol–water partition coefficient (Wildman–Crippen LogP) is 3.16. The van der Waals surface area contributed by atoms with Crippen LogP contribution in [-0.2, 0) is 33.9 Å². The highest BCUT2D eigenvalue weighted by Gasteiger charge is 2.50. The molecule has 3 aromatic rings. The van der Waals surface area contributed by atoms with E-state index in [9.17, 15) is 23.2 Å². The highest BCUT2D eigenvalue weighted by atomic mass is 19.1. The summed E-state index contributed by atoms with van der Waals surface area (Å²) in [5.74, 6) is -1.20.